The molecule has 0 saturated carbocycles. The second-order valence-corrected chi connectivity index (χ2v) is 5.65. The molecule has 0 radical (unpaired) electrons. The van der Waals surface area contributed by atoms with E-state index in [-0.39, 0.29) is 29.3 Å². The molecule has 0 bridgehead atoms. The lowest BCUT2D eigenvalue weighted by molar-refractivity contribution is -0.385. The third-order valence-electron chi connectivity index (χ3n) is 4.04. The monoisotopic (exact) mass is 355 g/mol. The Morgan fingerprint density at radius 1 is 1.27 bits per heavy atom. The molecule has 2 aromatic carbocycles. The molecule has 0 fully saturated rings. The van der Waals surface area contributed by atoms with Crippen LogP contribution < -0.4 is 15.2 Å². The number of hydrogen-bond donors (Lipinski definition) is 1. The summed E-state index contributed by atoms with van der Waals surface area (Å²) in [7, 11) is 1.55. The highest BCUT2D eigenvalue weighted by atomic mass is 16.6. The zero-order chi connectivity index (χ0) is 18.8. The van der Waals surface area contributed by atoms with Gasteiger partial charge in [-0.1, -0.05) is 6.07 Å². The van der Waals surface area contributed by atoms with Crippen LogP contribution in [0.3, 0.4) is 0 Å². The van der Waals surface area contributed by atoms with Crippen molar-refractivity contribution in [2.45, 2.75) is 13.5 Å². The molecule has 3 rings (SSSR count). The SMILES string of the molecule is COc1ccc2oc(C(=O)NCc3cc([N+](=O)[O-])ccc3[O-])c(C)c2c1. The van der Waals surface area contributed by atoms with Crippen LogP contribution >= 0.6 is 0 Å². The average molecular weight is 355 g/mol. The van der Waals surface area contributed by atoms with Crippen molar-refractivity contribution in [3.05, 3.63) is 63.4 Å². The fourth-order valence-corrected chi connectivity index (χ4v) is 2.62. The van der Waals surface area contributed by atoms with Gasteiger partial charge in [0.1, 0.15) is 11.3 Å². The first-order valence-corrected chi connectivity index (χ1v) is 7.70. The van der Waals surface area contributed by atoms with E-state index in [0.717, 1.165) is 23.6 Å². The van der Waals surface area contributed by atoms with E-state index in [1.807, 2.05) is 0 Å². The number of benzene rings is 2. The second-order valence-electron chi connectivity index (χ2n) is 5.65. The first-order chi connectivity index (χ1) is 12.4. The van der Waals surface area contributed by atoms with Gasteiger partial charge in [-0.05, 0) is 30.7 Å². The summed E-state index contributed by atoms with van der Waals surface area (Å²) in [6.07, 6.45) is 0. The first kappa shape index (κ1) is 17.3. The summed E-state index contributed by atoms with van der Waals surface area (Å²) in [5.41, 5.74) is 1.09. The Hall–Kier alpha value is -3.55. The Morgan fingerprint density at radius 3 is 2.73 bits per heavy atom. The van der Waals surface area contributed by atoms with E-state index < -0.39 is 10.8 Å². The van der Waals surface area contributed by atoms with E-state index in [9.17, 15) is 20.0 Å². The van der Waals surface area contributed by atoms with Crippen molar-refractivity contribution in [3.63, 3.8) is 0 Å². The van der Waals surface area contributed by atoms with Crippen LogP contribution in [0, 0.1) is 17.0 Å². The van der Waals surface area contributed by atoms with Crippen molar-refractivity contribution < 1.29 is 24.0 Å². The van der Waals surface area contributed by atoms with E-state index in [1.165, 1.54) is 0 Å². The summed E-state index contributed by atoms with van der Waals surface area (Å²) in [5.74, 6) is -0.141. The van der Waals surface area contributed by atoms with Gasteiger partial charge in [-0.3, -0.25) is 14.9 Å². The third-order valence-corrected chi connectivity index (χ3v) is 4.04. The molecule has 1 amide bonds. The minimum absolute atomic E-state index is 0.117. The first-order valence-electron chi connectivity index (χ1n) is 7.70. The fraction of sp³-hybridized carbons (Fsp3) is 0.167. The number of methoxy groups -OCH3 is 1. The van der Waals surface area contributed by atoms with Crippen molar-refractivity contribution >= 4 is 22.6 Å². The van der Waals surface area contributed by atoms with Gasteiger partial charge in [0.2, 0.25) is 0 Å². The number of hydrogen-bond acceptors (Lipinski definition) is 6. The zero-order valence-electron chi connectivity index (χ0n) is 14.1. The molecule has 0 aliphatic carbocycles. The number of rotatable bonds is 5. The number of nitrogens with zero attached hydrogens (tertiary/aromatic N) is 1. The minimum atomic E-state index is -0.596. The van der Waals surface area contributed by atoms with Crippen LogP contribution in [0.5, 0.6) is 11.5 Å². The van der Waals surface area contributed by atoms with Crippen molar-refractivity contribution in [1.82, 2.24) is 5.32 Å². The third kappa shape index (κ3) is 3.16. The van der Waals surface area contributed by atoms with Crippen LogP contribution in [0.1, 0.15) is 21.7 Å². The second kappa shape index (κ2) is 6.75. The number of carbonyl (C=O) groups is 1. The molecule has 0 aliphatic rings. The zero-order valence-corrected chi connectivity index (χ0v) is 14.1. The van der Waals surface area contributed by atoms with E-state index >= 15 is 0 Å². The smallest absolute Gasteiger partial charge is 0.287 e. The van der Waals surface area contributed by atoms with E-state index in [4.69, 9.17) is 9.15 Å². The van der Waals surface area contributed by atoms with Crippen LogP contribution in [0.4, 0.5) is 5.69 Å². The molecule has 26 heavy (non-hydrogen) atoms. The Kier molecular flexibility index (Phi) is 4.49. The van der Waals surface area contributed by atoms with Crippen LogP contribution in [0.2, 0.25) is 0 Å². The van der Waals surface area contributed by atoms with Gasteiger partial charge >= 0.3 is 0 Å². The predicted molar refractivity (Wildman–Crippen MR) is 91.2 cm³/mol. The maximum Gasteiger partial charge on any atom is 0.287 e. The van der Waals surface area contributed by atoms with Crippen molar-refractivity contribution in [2.24, 2.45) is 0 Å². The summed E-state index contributed by atoms with van der Waals surface area (Å²) in [4.78, 5) is 22.6. The van der Waals surface area contributed by atoms with Gasteiger partial charge < -0.3 is 19.6 Å². The number of nitrogens with one attached hydrogen (secondary N) is 1. The number of fused-ring (bicyclic) bond motifs is 1. The van der Waals surface area contributed by atoms with Crippen molar-refractivity contribution in [3.8, 4) is 11.5 Å². The molecule has 8 nitrogen and oxygen atoms in total. The molecule has 0 spiro atoms. The Morgan fingerprint density at radius 2 is 2.04 bits per heavy atom. The van der Waals surface area contributed by atoms with Crippen molar-refractivity contribution in [2.75, 3.05) is 7.11 Å². The number of ether oxygens (including phenoxy) is 1. The van der Waals surface area contributed by atoms with E-state index in [0.29, 0.717) is 16.9 Å². The number of furan rings is 1. The molecular weight excluding hydrogens is 340 g/mol. The van der Waals surface area contributed by atoms with Gasteiger partial charge in [0, 0.05) is 29.6 Å². The lowest BCUT2D eigenvalue weighted by atomic mass is 10.1. The van der Waals surface area contributed by atoms with E-state index in [1.54, 1.807) is 32.2 Å². The number of nitro benzene ring substituents is 1. The molecule has 1 heterocycles. The molecule has 0 atom stereocenters. The maximum atomic E-state index is 12.4. The number of aryl methyl sites for hydroxylation is 1. The number of nitro groups is 1. The lowest BCUT2D eigenvalue weighted by Crippen LogP contribution is -2.23. The Bertz CT molecular complexity index is 1010. The summed E-state index contributed by atoms with van der Waals surface area (Å²) < 4.78 is 10.8. The van der Waals surface area contributed by atoms with E-state index in [2.05, 4.69) is 5.32 Å². The highest BCUT2D eigenvalue weighted by molar-refractivity contribution is 5.99. The highest BCUT2D eigenvalue weighted by Gasteiger charge is 2.18. The average Bonchev–Trinajstić information content (AvgIpc) is 2.96. The number of non-ortho nitro benzene ring substituents is 1. The topological polar surface area (TPSA) is 118 Å². The molecule has 8 heteroatoms. The molecule has 1 N–H and O–H groups in total. The van der Waals surface area contributed by atoms with Gasteiger partial charge in [0.15, 0.2) is 5.76 Å². The predicted octanol–water partition coefficient (Wildman–Crippen LogP) is 2.66. The summed E-state index contributed by atoms with van der Waals surface area (Å²) in [5, 5.41) is 25.9. The molecule has 1 aromatic heterocycles. The molecule has 134 valence electrons. The summed E-state index contributed by atoms with van der Waals surface area (Å²) >= 11 is 0. The van der Waals surface area contributed by atoms with Gasteiger partial charge in [0.25, 0.3) is 11.6 Å². The normalized spacial score (nSPS) is 10.7. The van der Waals surface area contributed by atoms with Gasteiger partial charge in [-0.2, -0.15) is 0 Å². The standard InChI is InChI=1S/C18H16N2O6/c1-10-14-8-13(25-2)4-6-16(14)26-17(10)18(22)19-9-11-7-12(20(23)24)3-5-15(11)21/h3-8,21H,9H2,1-2H3,(H,19,22)/p-1. The Labute approximate surface area is 148 Å². The highest BCUT2D eigenvalue weighted by Crippen LogP contribution is 2.29. The summed E-state index contributed by atoms with van der Waals surface area (Å²) in [6, 6.07) is 8.58. The lowest BCUT2D eigenvalue weighted by Gasteiger charge is -2.13. The molecular formula is C18H15N2O6-. The van der Waals surface area contributed by atoms with Crippen LogP contribution in [0.15, 0.2) is 40.8 Å². The molecule has 0 saturated heterocycles. The van der Waals surface area contributed by atoms with Crippen LogP contribution in [0.25, 0.3) is 11.0 Å². The minimum Gasteiger partial charge on any atom is -0.872 e. The van der Waals surface area contributed by atoms with Gasteiger partial charge in [-0.15, -0.1) is 5.75 Å². The molecule has 0 aliphatic heterocycles. The molecule has 0 unspecified atom stereocenters. The van der Waals surface area contributed by atoms with Crippen molar-refractivity contribution in [1.29, 1.82) is 0 Å². The maximum absolute atomic E-state index is 12.4. The van der Waals surface area contributed by atoms with Crippen LogP contribution in [-0.4, -0.2) is 17.9 Å². The van der Waals surface area contributed by atoms with Crippen LogP contribution in [-0.2, 0) is 6.54 Å². The Balaban J connectivity index is 1.83. The quantitative estimate of drug-likeness (QED) is 0.555. The van der Waals surface area contributed by atoms with Gasteiger partial charge in [-0.25, -0.2) is 0 Å². The fourth-order valence-electron chi connectivity index (χ4n) is 2.62. The van der Waals surface area contributed by atoms with Gasteiger partial charge in [0.05, 0.1) is 12.0 Å². The number of carbonyl (C=O) groups excluding carboxylic acids is 1. The largest absolute Gasteiger partial charge is 0.872 e. The number of amides is 1. The summed E-state index contributed by atoms with van der Waals surface area (Å²) in [6.45, 7) is 1.60. The molecule has 3 aromatic rings.